The zero-order valence-electron chi connectivity index (χ0n) is 6.19. The highest BCUT2D eigenvalue weighted by Crippen LogP contribution is 2.28. The maximum Gasteiger partial charge on any atom is 0.407 e. The van der Waals surface area contributed by atoms with Gasteiger partial charge in [-0.3, -0.25) is 0 Å². The van der Waals surface area contributed by atoms with Crippen molar-refractivity contribution >= 4 is 6.09 Å². The summed E-state index contributed by atoms with van der Waals surface area (Å²) in [6.07, 6.45) is 0.532. The number of nitrogens with zero attached hydrogens (tertiary/aromatic N) is 1. The van der Waals surface area contributed by atoms with Crippen LogP contribution < -0.4 is 0 Å². The minimum atomic E-state index is -0.798. The molecule has 4 nitrogen and oxygen atoms in total. The van der Waals surface area contributed by atoms with Crippen LogP contribution in [0.2, 0.25) is 0 Å². The third-order valence-electron chi connectivity index (χ3n) is 2.38. The summed E-state index contributed by atoms with van der Waals surface area (Å²) in [5.74, 6) is 0.464. The number of hydrogen-bond donors (Lipinski definition) is 1. The van der Waals surface area contributed by atoms with E-state index in [1.807, 2.05) is 0 Å². The lowest BCUT2D eigenvalue weighted by atomic mass is 10.1. The fraction of sp³-hybridized carbons (Fsp3) is 0.857. The number of epoxide rings is 1. The summed E-state index contributed by atoms with van der Waals surface area (Å²) in [4.78, 5) is 11.9. The van der Waals surface area contributed by atoms with Crippen LogP contribution in [0.25, 0.3) is 0 Å². The van der Waals surface area contributed by atoms with E-state index < -0.39 is 6.09 Å². The molecule has 2 atom stereocenters. The van der Waals surface area contributed by atoms with E-state index in [2.05, 4.69) is 0 Å². The van der Waals surface area contributed by atoms with E-state index in [4.69, 9.17) is 9.84 Å². The number of amides is 1. The van der Waals surface area contributed by atoms with Crippen LogP contribution >= 0.6 is 0 Å². The first kappa shape index (κ1) is 6.91. The van der Waals surface area contributed by atoms with Crippen molar-refractivity contribution in [3.63, 3.8) is 0 Å². The van der Waals surface area contributed by atoms with Crippen LogP contribution in [0.15, 0.2) is 0 Å². The standard InChI is InChI=1S/C7H11NO3/c9-7(10)8-2-1-5(3-8)6-4-11-6/h5-6H,1-4H2,(H,9,10)/t5-,6?/m1/s1. The van der Waals surface area contributed by atoms with E-state index in [-0.39, 0.29) is 0 Å². The van der Waals surface area contributed by atoms with Crippen molar-refractivity contribution in [1.82, 2.24) is 4.90 Å². The highest BCUT2D eigenvalue weighted by atomic mass is 16.6. The highest BCUT2D eigenvalue weighted by molar-refractivity contribution is 5.65. The van der Waals surface area contributed by atoms with Crippen molar-refractivity contribution in [2.45, 2.75) is 12.5 Å². The van der Waals surface area contributed by atoms with Gasteiger partial charge < -0.3 is 14.7 Å². The number of hydrogen-bond acceptors (Lipinski definition) is 2. The third kappa shape index (κ3) is 1.30. The Balaban J connectivity index is 1.87. The Kier molecular flexibility index (Phi) is 1.49. The first-order valence-corrected chi connectivity index (χ1v) is 3.87. The zero-order chi connectivity index (χ0) is 7.84. The molecule has 2 aliphatic heterocycles. The van der Waals surface area contributed by atoms with Gasteiger partial charge in [0, 0.05) is 19.0 Å². The quantitative estimate of drug-likeness (QED) is 0.560. The van der Waals surface area contributed by atoms with Gasteiger partial charge in [-0.15, -0.1) is 0 Å². The van der Waals surface area contributed by atoms with Gasteiger partial charge in [-0.2, -0.15) is 0 Å². The van der Waals surface area contributed by atoms with E-state index in [0.717, 1.165) is 13.0 Å². The fourth-order valence-electron chi connectivity index (χ4n) is 1.59. The molecular formula is C7H11NO3. The molecule has 0 aromatic carbocycles. The largest absolute Gasteiger partial charge is 0.465 e. The molecule has 1 amide bonds. The number of likely N-dealkylation sites (tertiary alicyclic amines) is 1. The molecule has 62 valence electrons. The van der Waals surface area contributed by atoms with E-state index in [1.165, 1.54) is 4.90 Å². The Hall–Kier alpha value is -0.770. The van der Waals surface area contributed by atoms with Gasteiger partial charge in [0.1, 0.15) is 0 Å². The molecule has 0 saturated carbocycles. The second-order valence-corrected chi connectivity index (χ2v) is 3.15. The van der Waals surface area contributed by atoms with Gasteiger partial charge in [0.15, 0.2) is 0 Å². The fourth-order valence-corrected chi connectivity index (χ4v) is 1.59. The molecule has 1 unspecified atom stereocenters. The maximum absolute atomic E-state index is 10.5. The van der Waals surface area contributed by atoms with Crippen molar-refractivity contribution in [2.24, 2.45) is 5.92 Å². The number of carboxylic acid groups (broad SMARTS) is 1. The monoisotopic (exact) mass is 157 g/mol. The predicted molar refractivity (Wildman–Crippen MR) is 37.4 cm³/mol. The molecule has 2 heterocycles. The summed E-state index contributed by atoms with van der Waals surface area (Å²) in [5.41, 5.74) is 0. The van der Waals surface area contributed by atoms with Crippen LogP contribution in [0.3, 0.4) is 0 Å². The molecule has 0 aromatic heterocycles. The van der Waals surface area contributed by atoms with Crippen molar-refractivity contribution < 1.29 is 14.6 Å². The lowest BCUT2D eigenvalue weighted by Crippen LogP contribution is -2.27. The number of ether oxygens (including phenoxy) is 1. The molecule has 2 rings (SSSR count). The molecule has 0 aromatic rings. The van der Waals surface area contributed by atoms with Gasteiger partial charge >= 0.3 is 6.09 Å². The number of carbonyl (C=O) groups is 1. The zero-order valence-corrected chi connectivity index (χ0v) is 6.19. The summed E-state index contributed by atoms with van der Waals surface area (Å²) in [6.45, 7) is 2.18. The second kappa shape index (κ2) is 2.37. The van der Waals surface area contributed by atoms with Crippen molar-refractivity contribution in [3.8, 4) is 0 Å². The molecule has 4 heteroatoms. The molecule has 2 fully saturated rings. The molecule has 0 bridgehead atoms. The molecule has 11 heavy (non-hydrogen) atoms. The van der Waals surface area contributed by atoms with Crippen LogP contribution in [-0.4, -0.2) is 41.9 Å². The Morgan fingerprint density at radius 2 is 2.36 bits per heavy atom. The van der Waals surface area contributed by atoms with Crippen LogP contribution in [0.4, 0.5) is 4.79 Å². The van der Waals surface area contributed by atoms with Crippen LogP contribution in [0.1, 0.15) is 6.42 Å². The Morgan fingerprint density at radius 3 is 2.82 bits per heavy atom. The highest BCUT2D eigenvalue weighted by Gasteiger charge is 2.38. The molecule has 2 aliphatic rings. The maximum atomic E-state index is 10.5. The van der Waals surface area contributed by atoms with Crippen LogP contribution in [0.5, 0.6) is 0 Å². The van der Waals surface area contributed by atoms with Gasteiger partial charge in [0.2, 0.25) is 0 Å². The average molecular weight is 157 g/mol. The van der Waals surface area contributed by atoms with Gasteiger partial charge in [0.05, 0.1) is 12.7 Å². The molecular weight excluding hydrogens is 146 g/mol. The van der Waals surface area contributed by atoms with E-state index in [1.54, 1.807) is 0 Å². The summed E-state index contributed by atoms with van der Waals surface area (Å²) in [6, 6.07) is 0. The second-order valence-electron chi connectivity index (χ2n) is 3.15. The van der Waals surface area contributed by atoms with Crippen molar-refractivity contribution in [3.05, 3.63) is 0 Å². The minimum Gasteiger partial charge on any atom is -0.465 e. The Morgan fingerprint density at radius 1 is 1.64 bits per heavy atom. The lowest BCUT2D eigenvalue weighted by molar-refractivity contribution is 0.153. The van der Waals surface area contributed by atoms with Gasteiger partial charge in [0.25, 0.3) is 0 Å². The van der Waals surface area contributed by atoms with Gasteiger partial charge in [-0.05, 0) is 6.42 Å². The minimum absolute atomic E-state index is 0.361. The van der Waals surface area contributed by atoms with Gasteiger partial charge in [-0.1, -0.05) is 0 Å². The lowest BCUT2D eigenvalue weighted by Gasteiger charge is -2.10. The van der Waals surface area contributed by atoms with Crippen molar-refractivity contribution in [1.29, 1.82) is 0 Å². The van der Waals surface area contributed by atoms with Crippen LogP contribution in [0, 0.1) is 5.92 Å². The van der Waals surface area contributed by atoms with Crippen LogP contribution in [-0.2, 0) is 4.74 Å². The first-order valence-electron chi connectivity index (χ1n) is 3.87. The molecule has 1 N–H and O–H groups in total. The summed E-state index contributed by atoms with van der Waals surface area (Å²) in [7, 11) is 0. The third-order valence-corrected chi connectivity index (χ3v) is 2.38. The average Bonchev–Trinajstić information content (AvgIpc) is 2.68. The summed E-state index contributed by atoms with van der Waals surface area (Å²) >= 11 is 0. The summed E-state index contributed by atoms with van der Waals surface area (Å²) in [5, 5.41) is 8.62. The summed E-state index contributed by atoms with van der Waals surface area (Å²) < 4.78 is 5.10. The van der Waals surface area contributed by atoms with Crippen molar-refractivity contribution in [2.75, 3.05) is 19.7 Å². The predicted octanol–water partition coefficient (Wildman–Crippen LogP) is 0.385. The molecule has 0 aliphatic carbocycles. The Bertz CT molecular complexity index is 179. The van der Waals surface area contributed by atoms with E-state index in [9.17, 15) is 4.79 Å². The molecule has 0 radical (unpaired) electrons. The van der Waals surface area contributed by atoms with Gasteiger partial charge in [-0.25, -0.2) is 4.79 Å². The smallest absolute Gasteiger partial charge is 0.407 e. The Labute approximate surface area is 64.7 Å². The topological polar surface area (TPSA) is 53.1 Å². The first-order chi connectivity index (χ1) is 5.27. The number of rotatable bonds is 1. The SMILES string of the molecule is O=C(O)N1CC[C@@H](C2CO2)C1. The van der Waals surface area contributed by atoms with E-state index >= 15 is 0 Å². The molecule has 2 saturated heterocycles. The van der Waals surface area contributed by atoms with E-state index in [0.29, 0.717) is 25.1 Å². The molecule has 0 spiro atoms. The normalized spacial score (nSPS) is 35.8.